The summed E-state index contributed by atoms with van der Waals surface area (Å²) in [4.78, 5) is 4.99. The molecule has 0 aliphatic carbocycles. The van der Waals surface area contributed by atoms with Gasteiger partial charge in [-0.25, -0.2) is 4.52 Å². The van der Waals surface area contributed by atoms with Gasteiger partial charge < -0.3 is 5.73 Å². The summed E-state index contributed by atoms with van der Waals surface area (Å²) in [5.74, 6) is 0.323. The minimum absolute atomic E-state index is 0.323. The van der Waals surface area contributed by atoms with Gasteiger partial charge >= 0.3 is 0 Å². The van der Waals surface area contributed by atoms with Crippen LogP contribution in [0.25, 0.3) is 16.2 Å². The van der Waals surface area contributed by atoms with Gasteiger partial charge in [-0.2, -0.15) is 4.98 Å². The maximum Gasteiger partial charge on any atom is 0.241 e. The molecular formula is C12H12N4S. The number of aromatic nitrogens is 3. The molecule has 0 atom stereocenters. The molecule has 4 nitrogen and oxygen atoms in total. The van der Waals surface area contributed by atoms with Crippen LogP contribution in [-0.4, -0.2) is 14.6 Å². The molecule has 1 aromatic carbocycles. The molecule has 0 bridgehead atoms. The van der Waals surface area contributed by atoms with Gasteiger partial charge in [0.05, 0.1) is 5.69 Å². The first-order valence-corrected chi connectivity index (χ1v) is 6.20. The Balaban J connectivity index is 2.29. The van der Waals surface area contributed by atoms with E-state index >= 15 is 0 Å². The molecule has 0 fully saturated rings. The van der Waals surface area contributed by atoms with E-state index < -0.39 is 0 Å². The largest absolute Gasteiger partial charge is 0.366 e. The van der Waals surface area contributed by atoms with Gasteiger partial charge in [0.15, 0.2) is 0 Å². The molecule has 86 valence electrons. The first-order chi connectivity index (χ1) is 8.15. The molecule has 2 aromatic heterocycles. The van der Waals surface area contributed by atoms with Crippen LogP contribution in [0.15, 0.2) is 23.6 Å². The molecule has 3 rings (SSSR count). The Morgan fingerprint density at radius 3 is 2.94 bits per heavy atom. The van der Waals surface area contributed by atoms with E-state index in [0.29, 0.717) is 5.95 Å². The smallest absolute Gasteiger partial charge is 0.241 e. The number of nitrogens with two attached hydrogens (primary N) is 1. The van der Waals surface area contributed by atoms with E-state index in [2.05, 4.69) is 47.5 Å². The third-order valence-electron chi connectivity index (χ3n) is 2.77. The molecule has 0 unspecified atom stereocenters. The fraction of sp³-hybridized carbons (Fsp3) is 0.167. The summed E-state index contributed by atoms with van der Waals surface area (Å²) in [6.45, 7) is 4.18. The van der Waals surface area contributed by atoms with Gasteiger partial charge in [-0.3, -0.25) is 0 Å². The lowest BCUT2D eigenvalue weighted by atomic mass is 10.0. The van der Waals surface area contributed by atoms with Crippen molar-refractivity contribution in [2.24, 2.45) is 0 Å². The van der Waals surface area contributed by atoms with Gasteiger partial charge in [0, 0.05) is 10.9 Å². The number of nitrogens with zero attached hydrogens (tertiary/aromatic N) is 3. The number of thiazole rings is 1. The molecule has 0 saturated carbocycles. The van der Waals surface area contributed by atoms with Crippen molar-refractivity contribution in [3.05, 3.63) is 34.7 Å². The van der Waals surface area contributed by atoms with E-state index in [1.165, 1.54) is 16.7 Å². The molecule has 2 N–H and O–H groups in total. The Morgan fingerprint density at radius 1 is 1.29 bits per heavy atom. The van der Waals surface area contributed by atoms with Gasteiger partial charge in [-0.15, -0.1) is 16.4 Å². The minimum atomic E-state index is 0.323. The normalized spacial score (nSPS) is 11.2. The van der Waals surface area contributed by atoms with Crippen molar-refractivity contribution in [3.8, 4) is 11.3 Å². The molecule has 0 aliphatic rings. The van der Waals surface area contributed by atoms with Crippen LogP contribution >= 0.6 is 11.3 Å². The average molecular weight is 244 g/mol. The van der Waals surface area contributed by atoms with Crippen LogP contribution < -0.4 is 5.73 Å². The lowest BCUT2D eigenvalue weighted by Gasteiger charge is -2.05. The lowest BCUT2D eigenvalue weighted by molar-refractivity contribution is 0.990. The van der Waals surface area contributed by atoms with Crippen LogP contribution in [0, 0.1) is 13.8 Å². The van der Waals surface area contributed by atoms with E-state index in [9.17, 15) is 0 Å². The zero-order valence-electron chi connectivity index (χ0n) is 9.64. The van der Waals surface area contributed by atoms with Crippen LogP contribution in [0.2, 0.25) is 0 Å². The van der Waals surface area contributed by atoms with Crippen molar-refractivity contribution in [2.45, 2.75) is 13.8 Å². The van der Waals surface area contributed by atoms with Crippen LogP contribution in [-0.2, 0) is 0 Å². The maximum atomic E-state index is 5.61. The van der Waals surface area contributed by atoms with Gasteiger partial charge in [-0.05, 0) is 25.5 Å². The monoisotopic (exact) mass is 244 g/mol. The van der Waals surface area contributed by atoms with Crippen LogP contribution in [0.3, 0.4) is 0 Å². The minimum Gasteiger partial charge on any atom is -0.366 e. The summed E-state index contributed by atoms with van der Waals surface area (Å²) in [6.07, 6.45) is 0. The first kappa shape index (κ1) is 10.3. The molecule has 3 aromatic rings. The Labute approximate surface area is 103 Å². The summed E-state index contributed by atoms with van der Waals surface area (Å²) in [7, 11) is 0. The second-order valence-corrected chi connectivity index (χ2v) is 4.94. The number of hydrogen-bond donors (Lipinski definition) is 1. The summed E-state index contributed by atoms with van der Waals surface area (Å²) in [6, 6.07) is 6.39. The topological polar surface area (TPSA) is 56.2 Å². The van der Waals surface area contributed by atoms with Crippen molar-refractivity contribution in [3.63, 3.8) is 0 Å². The molecule has 0 radical (unpaired) electrons. The number of fused-ring (bicyclic) bond motifs is 1. The van der Waals surface area contributed by atoms with Crippen LogP contribution in [0.1, 0.15) is 11.1 Å². The van der Waals surface area contributed by atoms with Gasteiger partial charge in [-0.1, -0.05) is 17.7 Å². The molecule has 0 saturated heterocycles. The van der Waals surface area contributed by atoms with Gasteiger partial charge in [0.1, 0.15) is 0 Å². The van der Waals surface area contributed by atoms with Crippen molar-refractivity contribution in [2.75, 3.05) is 5.73 Å². The molecule has 0 spiro atoms. The van der Waals surface area contributed by atoms with E-state index in [1.54, 1.807) is 11.3 Å². The molecule has 17 heavy (non-hydrogen) atoms. The standard InChI is InChI=1S/C12H12N4S/c1-7-3-4-8(2)9(5-7)10-6-17-12-14-11(13)15-16(10)12/h3-6H,1-2H3,(H2,13,15). The zero-order chi connectivity index (χ0) is 12.0. The average Bonchev–Trinajstić information content (AvgIpc) is 2.80. The molecule has 5 heteroatoms. The summed E-state index contributed by atoms with van der Waals surface area (Å²) < 4.78 is 1.81. The second-order valence-electron chi connectivity index (χ2n) is 4.10. The SMILES string of the molecule is Cc1ccc(C)c(-c2csc3nc(N)nn23)c1. The Kier molecular flexibility index (Phi) is 2.16. The number of aryl methyl sites for hydroxylation is 2. The van der Waals surface area contributed by atoms with Crippen molar-refractivity contribution < 1.29 is 0 Å². The lowest BCUT2D eigenvalue weighted by Crippen LogP contribution is -1.93. The third kappa shape index (κ3) is 1.59. The highest BCUT2D eigenvalue weighted by Crippen LogP contribution is 2.28. The fourth-order valence-electron chi connectivity index (χ4n) is 1.89. The van der Waals surface area contributed by atoms with Crippen LogP contribution in [0.4, 0.5) is 5.95 Å². The van der Waals surface area contributed by atoms with Crippen molar-refractivity contribution in [1.82, 2.24) is 14.6 Å². The number of benzene rings is 1. The number of nitrogen functional groups attached to an aromatic ring is 1. The van der Waals surface area contributed by atoms with Gasteiger partial charge in [0.2, 0.25) is 10.9 Å². The van der Waals surface area contributed by atoms with Crippen molar-refractivity contribution in [1.29, 1.82) is 0 Å². The maximum absolute atomic E-state index is 5.61. The Morgan fingerprint density at radius 2 is 2.12 bits per heavy atom. The van der Waals surface area contributed by atoms with E-state index in [-0.39, 0.29) is 0 Å². The quantitative estimate of drug-likeness (QED) is 0.716. The zero-order valence-corrected chi connectivity index (χ0v) is 10.5. The summed E-state index contributed by atoms with van der Waals surface area (Å²) in [5, 5.41) is 6.28. The predicted molar refractivity (Wildman–Crippen MR) is 70.2 cm³/mol. The van der Waals surface area contributed by atoms with Gasteiger partial charge in [0.25, 0.3) is 0 Å². The molecule has 0 amide bonds. The molecule has 0 aliphatic heterocycles. The van der Waals surface area contributed by atoms with E-state index in [1.807, 2.05) is 4.52 Å². The van der Waals surface area contributed by atoms with E-state index in [0.717, 1.165) is 10.7 Å². The van der Waals surface area contributed by atoms with Crippen molar-refractivity contribution >= 4 is 22.2 Å². The summed E-state index contributed by atoms with van der Waals surface area (Å²) >= 11 is 1.55. The highest BCUT2D eigenvalue weighted by molar-refractivity contribution is 7.15. The van der Waals surface area contributed by atoms with Crippen LogP contribution in [0.5, 0.6) is 0 Å². The Hall–Kier alpha value is -1.88. The Bertz CT molecular complexity index is 696. The highest BCUT2D eigenvalue weighted by Gasteiger charge is 2.11. The number of rotatable bonds is 1. The number of hydrogen-bond acceptors (Lipinski definition) is 4. The van der Waals surface area contributed by atoms with E-state index in [4.69, 9.17) is 5.73 Å². The molecule has 2 heterocycles. The second kappa shape index (κ2) is 3.56. The number of anilines is 1. The first-order valence-electron chi connectivity index (χ1n) is 5.32. The fourth-order valence-corrected chi connectivity index (χ4v) is 2.72. The summed E-state index contributed by atoms with van der Waals surface area (Å²) in [5.41, 5.74) is 10.3. The predicted octanol–water partition coefficient (Wildman–Crippen LogP) is 2.66. The highest BCUT2D eigenvalue weighted by atomic mass is 32.1. The third-order valence-corrected chi connectivity index (χ3v) is 3.58. The molecular weight excluding hydrogens is 232 g/mol.